The summed E-state index contributed by atoms with van der Waals surface area (Å²) in [6, 6.07) is 7.55. The summed E-state index contributed by atoms with van der Waals surface area (Å²) in [4.78, 5) is 14.2. The minimum atomic E-state index is -0.682. The molecule has 2 fully saturated rings. The van der Waals surface area contributed by atoms with Gasteiger partial charge in [0.25, 0.3) is 0 Å². The van der Waals surface area contributed by atoms with Gasteiger partial charge >= 0.3 is 0 Å². The predicted octanol–water partition coefficient (Wildman–Crippen LogP) is 2.55. The summed E-state index contributed by atoms with van der Waals surface area (Å²) in [5.74, 6) is 0.837. The van der Waals surface area contributed by atoms with Crippen LogP contribution in [0.1, 0.15) is 6.42 Å². The molecule has 4 rings (SSSR count). The fraction of sp³-hybridized carbons (Fsp3) is 0.400. The standard InChI is InChI=1S/C15H14BrNO2/c16-10-3-5-11(6-4-10)17-14(18)12-8-1-2-9(7-8)13(12)15(17)19/h1-6,8-9,12-14,18H,7H2. The molecule has 1 aliphatic heterocycles. The molecular formula is C15H14BrNO2. The Morgan fingerprint density at radius 1 is 1.16 bits per heavy atom. The maximum absolute atomic E-state index is 12.6. The Labute approximate surface area is 120 Å². The quantitative estimate of drug-likeness (QED) is 0.808. The molecule has 4 heteroatoms. The molecule has 1 aromatic carbocycles. The molecule has 0 spiro atoms. The second kappa shape index (κ2) is 3.93. The SMILES string of the molecule is O=C1C2C3C=CC(C3)C2C(O)N1c1ccc(Br)cc1. The van der Waals surface area contributed by atoms with Crippen molar-refractivity contribution in [2.75, 3.05) is 4.90 Å². The van der Waals surface area contributed by atoms with Crippen molar-refractivity contribution in [2.45, 2.75) is 12.6 Å². The van der Waals surface area contributed by atoms with Crippen molar-refractivity contribution < 1.29 is 9.90 Å². The second-order valence-electron chi connectivity index (χ2n) is 5.65. The molecule has 0 radical (unpaired) electrons. The highest BCUT2D eigenvalue weighted by Gasteiger charge is 2.59. The van der Waals surface area contributed by atoms with Gasteiger partial charge in [0.2, 0.25) is 5.91 Å². The fourth-order valence-corrected chi connectivity index (χ4v) is 4.22. The van der Waals surface area contributed by atoms with Crippen LogP contribution in [0.3, 0.4) is 0 Å². The Morgan fingerprint density at radius 2 is 1.84 bits per heavy atom. The number of benzene rings is 1. The molecule has 0 aromatic heterocycles. The Balaban J connectivity index is 1.72. The molecule has 3 aliphatic rings. The minimum absolute atomic E-state index is 0.0198. The number of hydrogen-bond acceptors (Lipinski definition) is 2. The predicted molar refractivity (Wildman–Crippen MR) is 75.4 cm³/mol. The number of nitrogens with zero attached hydrogens (tertiary/aromatic N) is 1. The first-order valence-electron chi connectivity index (χ1n) is 6.62. The van der Waals surface area contributed by atoms with E-state index in [4.69, 9.17) is 0 Å². The molecule has 3 nitrogen and oxygen atoms in total. The molecule has 1 heterocycles. The average molecular weight is 320 g/mol. The third-order valence-electron chi connectivity index (χ3n) is 4.76. The zero-order chi connectivity index (χ0) is 13.1. The van der Waals surface area contributed by atoms with Crippen LogP contribution in [0, 0.1) is 23.7 Å². The third kappa shape index (κ3) is 1.50. The highest BCUT2D eigenvalue weighted by atomic mass is 79.9. The Bertz CT molecular complexity index is 568. The first kappa shape index (κ1) is 11.7. The number of amides is 1. The summed E-state index contributed by atoms with van der Waals surface area (Å²) in [5.41, 5.74) is 0.787. The van der Waals surface area contributed by atoms with Crippen LogP contribution in [0.2, 0.25) is 0 Å². The number of rotatable bonds is 1. The molecule has 1 saturated carbocycles. The number of allylic oxidation sites excluding steroid dienone is 2. The summed E-state index contributed by atoms with van der Waals surface area (Å²) in [6.45, 7) is 0. The molecular weight excluding hydrogens is 306 g/mol. The van der Waals surface area contributed by atoms with Crippen LogP contribution in [0.5, 0.6) is 0 Å². The van der Waals surface area contributed by atoms with Crippen molar-refractivity contribution in [3.05, 3.63) is 40.9 Å². The number of anilines is 1. The van der Waals surface area contributed by atoms with Gasteiger partial charge in [0.15, 0.2) is 0 Å². The van der Waals surface area contributed by atoms with Gasteiger partial charge in [-0.3, -0.25) is 9.69 Å². The summed E-state index contributed by atoms with van der Waals surface area (Å²) in [7, 11) is 0. The van der Waals surface area contributed by atoms with Crippen molar-refractivity contribution in [3.63, 3.8) is 0 Å². The maximum Gasteiger partial charge on any atom is 0.233 e. The van der Waals surface area contributed by atoms with E-state index in [0.717, 1.165) is 16.6 Å². The lowest BCUT2D eigenvalue weighted by Crippen LogP contribution is -2.36. The second-order valence-corrected chi connectivity index (χ2v) is 6.57. The van der Waals surface area contributed by atoms with Crippen LogP contribution in [-0.4, -0.2) is 17.2 Å². The van der Waals surface area contributed by atoms with Gasteiger partial charge in [-0.05, 0) is 42.5 Å². The molecule has 1 amide bonds. The maximum atomic E-state index is 12.6. The highest BCUT2D eigenvalue weighted by molar-refractivity contribution is 9.10. The topological polar surface area (TPSA) is 40.5 Å². The van der Waals surface area contributed by atoms with E-state index in [2.05, 4.69) is 28.1 Å². The van der Waals surface area contributed by atoms with Gasteiger partial charge in [-0.2, -0.15) is 0 Å². The van der Waals surface area contributed by atoms with E-state index in [1.807, 2.05) is 24.3 Å². The van der Waals surface area contributed by atoms with E-state index in [-0.39, 0.29) is 17.7 Å². The van der Waals surface area contributed by atoms with Crippen molar-refractivity contribution in [1.82, 2.24) is 0 Å². The minimum Gasteiger partial charge on any atom is -0.373 e. The lowest BCUT2D eigenvalue weighted by atomic mass is 9.85. The van der Waals surface area contributed by atoms with Crippen LogP contribution in [0.25, 0.3) is 0 Å². The van der Waals surface area contributed by atoms with E-state index < -0.39 is 6.23 Å². The lowest BCUT2D eigenvalue weighted by Gasteiger charge is -2.25. The lowest BCUT2D eigenvalue weighted by molar-refractivity contribution is -0.121. The summed E-state index contributed by atoms with van der Waals surface area (Å²) in [6.07, 6.45) is 4.68. The Kier molecular flexibility index (Phi) is 2.42. The Morgan fingerprint density at radius 3 is 2.53 bits per heavy atom. The number of aliphatic hydroxyl groups is 1. The number of carbonyl (C=O) groups excluding carboxylic acids is 1. The van der Waals surface area contributed by atoms with Crippen molar-refractivity contribution in [2.24, 2.45) is 23.7 Å². The number of aliphatic hydroxyl groups excluding tert-OH is 1. The van der Waals surface area contributed by atoms with Crippen LogP contribution >= 0.6 is 15.9 Å². The van der Waals surface area contributed by atoms with Crippen LogP contribution in [0.4, 0.5) is 5.69 Å². The van der Waals surface area contributed by atoms with Gasteiger partial charge in [-0.1, -0.05) is 28.1 Å². The van der Waals surface area contributed by atoms with E-state index in [1.54, 1.807) is 4.90 Å². The normalized spacial score (nSPS) is 39.2. The van der Waals surface area contributed by atoms with Crippen LogP contribution < -0.4 is 4.90 Å². The van der Waals surface area contributed by atoms with E-state index in [1.165, 1.54) is 0 Å². The van der Waals surface area contributed by atoms with E-state index in [0.29, 0.717) is 11.8 Å². The molecule has 2 aliphatic carbocycles. The number of carbonyl (C=O) groups is 1. The first-order valence-corrected chi connectivity index (χ1v) is 7.41. The molecule has 98 valence electrons. The molecule has 5 unspecified atom stereocenters. The molecule has 5 atom stereocenters. The number of hydrogen-bond donors (Lipinski definition) is 1. The van der Waals surface area contributed by atoms with Gasteiger partial charge in [0, 0.05) is 16.1 Å². The van der Waals surface area contributed by atoms with Gasteiger partial charge < -0.3 is 5.11 Å². The zero-order valence-corrected chi connectivity index (χ0v) is 11.8. The average Bonchev–Trinajstić information content (AvgIpc) is 3.06. The van der Waals surface area contributed by atoms with Crippen molar-refractivity contribution >= 4 is 27.5 Å². The smallest absolute Gasteiger partial charge is 0.233 e. The number of fused-ring (bicyclic) bond motifs is 5. The van der Waals surface area contributed by atoms with Gasteiger partial charge in [0.05, 0.1) is 5.92 Å². The van der Waals surface area contributed by atoms with Gasteiger partial charge in [-0.15, -0.1) is 0 Å². The molecule has 1 aromatic rings. The number of halogens is 1. The first-order chi connectivity index (χ1) is 9.16. The molecule has 2 bridgehead atoms. The molecule has 1 saturated heterocycles. The molecule has 1 N–H and O–H groups in total. The highest BCUT2D eigenvalue weighted by Crippen LogP contribution is 2.54. The zero-order valence-electron chi connectivity index (χ0n) is 10.2. The van der Waals surface area contributed by atoms with E-state index >= 15 is 0 Å². The summed E-state index contributed by atoms with van der Waals surface area (Å²) in [5, 5.41) is 10.5. The van der Waals surface area contributed by atoms with E-state index in [9.17, 15) is 9.90 Å². The summed E-state index contributed by atoms with van der Waals surface area (Å²) < 4.78 is 0.972. The van der Waals surface area contributed by atoms with Crippen molar-refractivity contribution in [3.8, 4) is 0 Å². The van der Waals surface area contributed by atoms with Gasteiger partial charge in [-0.25, -0.2) is 0 Å². The van der Waals surface area contributed by atoms with Crippen molar-refractivity contribution in [1.29, 1.82) is 0 Å². The van der Waals surface area contributed by atoms with Crippen LogP contribution in [0.15, 0.2) is 40.9 Å². The Hall–Kier alpha value is -1.13. The molecule has 19 heavy (non-hydrogen) atoms. The fourth-order valence-electron chi connectivity index (χ4n) is 3.96. The third-order valence-corrected chi connectivity index (χ3v) is 5.29. The largest absolute Gasteiger partial charge is 0.373 e. The van der Waals surface area contributed by atoms with Crippen LogP contribution in [-0.2, 0) is 4.79 Å². The van der Waals surface area contributed by atoms with Gasteiger partial charge in [0.1, 0.15) is 6.23 Å². The monoisotopic (exact) mass is 319 g/mol. The summed E-state index contributed by atoms with van der Waals surface area (Å²) >= 11 is 3.39.